The summed E-state index contributed by atoms with van der Waals surface area (Å²) in [5.74, 6) is 0. The van der Waals surface area contributed by atoms with E-state index in [4.69, 9.17) is 5.11 Å². The van der Waals surface area contributed by atoms with E-state index in [-0.39, 0.29) is 6.61 Å². The number of hydrogen-bond acceptors (Lipinski definition) is 3. The van der Waals surface area contributed by atoms with Gasteiger partial charge in [-0.05, 0) is 50.3 Å². The lowest BCUT2D eigenvalue weighted by molar-refractivity contribution is 0.106. The summed E-state index contributed by atoms with van der Waals surface area (Å²) in [6.07, 6.45) is 3.95. The van der Waals surface area contributed by atoms with Gasteiger partial charge in [-0.2, -0.15) is 0 Å². The first-order chi connectivity index (χ1) is 9.22. The third-order valence-corrected chi connectivity index (χ3v) is 3.87. The van der Waals surface area contributed by atoms with E-state index in [1.807, 2.05) is 31.2 Å². The smallest absolute Gasteiger partial charge is 0.0919 e. The second-order valence-electron chi connectivity index (χ2n) is 5.53. The highest BCUT2D eigenvalue weighted by Gasteiger charge is 2.30. The van der Waals surface area contributed by atoms with E-state index in [1.165, 1.54) is 12.8 Å². The Morgan fingerprint density at radius 3 is 2.63 bits per heavy atom. The van der Waals surface area contributed by atoms with E-state index >= 15 is 0 Å². The average molecular weight is 263 g/mol. The Bertz CT molecular complexity index is 390. The van der Waals surface area contributed by atoms with Gasteiger partial charge in [0.05, 0.1) is 6.10 Å². The van der Waals surface area contributed by atoms with Crippen LogP contribution in [-0.2, 0) is 0 Å². The predicted octanol–water partition coefficient (Wildman–Crippen LogP) is 2.27. The summed E-state index contributed by atoms with van der Waals surface area (Å²) in [6, 6.07) is 8.70. The molecule has 2 rings (SSSR count). The molecule has 3 heteroatoms. The molecule has 0 bridgehead atoms. The van der Waals surface area contributed by atoms with Crippen LogP contribution in [-0.4, -0.2) is 40.9 Å². The third kappa shape index (κ3) is 4.30. The summed E-state index contributed by atoms with van der Waals surface area (Å²) < 4.78 is 0. The van der Waals surface area contributed by atoms with Gasteiger partial charge < -0.3 is 10.2 Å². The predicted molar refractivity (Wildman–Crippen MR) is 77.1 cm³/mol. The topological polar surface area (TPSA) is 43.7 Å². The van der Waals surface area contributed by atoms with Crippen LogP contribution < -0.4 is 0 Å². The second kappa shape index (κ2) is 7.04. The number of nitrogens with zero attached hydrogens (tertiary/aromatic N) is 1. The first-order valence-electron chi connectivity index (χ1n) is 7.31. The van der Waals surface area contributed by atoms with Crippen molar-refractivity contribution >= 4 is 0 Å². The quantitative estimate of drug-likeness (QED) is 0.707. The molecule has 0 amide bonds. The minimum atomic E-state index is -0.407. The summed E-state index contributed by atoms with van der Waals surface area (Å²) in [5.41, 5.74) is 2.19. The Hall–Kier alpha value is -0.900. The fourth-order valence-corrected chi connectivity index (χ4v) is 2.57. The molecule has 0 radical (unpaired) electrons. The lowest BCUT2D eigenvalue weighted by Crippen LogP contribution is -2.32. The maximum atomic E-state index is 10.4. The molecule has 2 N–H and O–H groups in total. The summed E-state index contributed by atoms with van der Waals surface area (Å²) >= 11 is 0. The van der Waals surface area contributed by atoms with E-state index < -0.39 is 6.10 Å². The van der Waals surface area contributed by atoms with E-state index in [9.17, 15) is 5.11 Å². The number of aliphatic hydroxyl groups excluding tert-OH is 2. The van der Waals surface area contributed by atoms with Gasteiger partial charge in [0.15, 0.2) is 0 Å². The van der Waals surface area contributed by atoms with E-state index in [0.717, 1.165) is 30.5 Å². The maximum absolute atomic E-state index is 10.4. The van der Waals surface area contributed by atoms with Crippen LogP contribution in [0.3, 0.4) is 0 Å². The van der Waals surface area contributed by atoms with Gasteiger partial charge in [0, 0.05) is 19.2 Å². The van der Waals surface area contributed by atoms with Crippen LogP contribution in [0.15, 0.2) is 24.3 Å². The van der Waals surface area contributed by atoms with Crippen molar-refractivity contribution in [3.8, 4) is 0 Å². The van der Waals surface area contributed by atoms with Gasteiger partial charge in [-0.25, -0.2) is 0 Å². The molecule has 0 aliphatic heterocycles. The van der Waals surface area contributed by atoms with Crippen LogP contribution in [0.4, 0.5) is 0 Å². The van der Waals surface area contributed by atoms with Gasteiger partial charge in [-0.1, -0.05) is 24.3 Å². The molecule has 0 heterocycles. The van der Waals surface area contributed by atoms with Crippen molar-refractivity contribution in [2.75, 3.05) is 19.7 Å². The molecular weight excluding hydrogens is 238 g/mol. The fourth-order valence-electron chi connectivity index (χ4n) is 2.57. The van der Waals surface area contributed by atoms with Gasteiger partial charge in [-0.3, -0.25) is 4.90 Å². The lowest BCUT2D eigenvalue weighted by Gasteiger charge is -2.25. The van der Waals surface area contributed by atoms with Crippen LogP contribution in [0.1, 0.15) is 42.9 Å². The van der Waals surface area contributed by atoms with Crippen molar-refractivity contribution in [3.63, 3.8) is 0 Å². The fraction of sp³-hybridized carbons (Fsp3) is 0.625. The molecule has 1 unspecified atom stereocenters. The Labute approximate surface area is 115 Å². The second-order valence-corrected chi connectivity index (χ2v) is 5.53. The van der Waals surface area contributed by atoms with Gasteiger partial charge in [-0.15, -0.1) is 0 Å². The van der Waals surface area contributed by atoms with Crippen molar-refractivity contribution in [1.82, 2.24) is 4.90 Å². The molecule has 1 aliphatic carbocycles. The van der Waals surface area contributed by atoms with Crippen molar-refractivity contribution in [3.05, 3.63) is 35.4 Å². The van der Waals surface area contributed by atoms with Crippen molar-refractivity contribution in [2.45, 2.75) is 44.8 Å². The Balaban J connectivity index is 1.91. The summed E-state index contributed by atoms with van der Waals surface area (Å²) in [6.45, 7) is 4.00. The monoisotopic (exact) mass is 263 g/mol. The van der Waals surface area contributed by atoms with Gasteiger partial charge in [0.2, 0.25) is 0 Å². The van der Waals surface area contributed by atoms with Crippen LogP contribution in [0, 0.1) is 6.92 Å². The summed E-state index contributed by atoms with van der Waals surface area (Å²) in [5, 5.41) is 19.3. The first-order valence-corrected chi connectivity index (χ1v) is 7.31. The number of rotatable bonds is 8. The molecule has 1 saturated carbocycles. The van der Waals surface area contributed by atoms with Gasteiger partial charge >= 0.3 is 0 Å². The van der Waals surface area contributed by atoms with Crippen LogP contribution >= 0.6 is 0 Å². The van der Waals surface area contributed by atoms with E-state index in [0.29, 0.717) is 12.6 Å². The highest BCUT2D eigenvalue weighted by atomic mass is 16.3. The zero-order valence-corrected chi connectivity index (χ0v) is 11.8. The molecule has 1 fully saturated rings. The Kier molecular flexibility index (Phi) is 5.37. The van der Waals surface area contributed by atoms with Gasteiger partial charge in [0.25, 0.3) is 0 Å². The lowest BCUT2D eigenvalue weighted by atomic mass is 10.0. The molecule has 1 aliphatic rings. The number of benzene rings is 1. The Morgan fingerprint density at radius 2 is 2.00 bits per heavy atom. The van der Waals surface area contributed by atoms with Gasteiger partial charge in [0.1, 0.15) is 0 Å². The standard InChI is InChI=1S/C16H25NO2/c1-13-6-2-3-7-15(13)16(19)12-17(14-8-9-14)10-4-5-11-18/h2-3,6-7,14,16,18-19H,4-5,8-12H2,1H3. The van der Waals surface area contributed by atoms with Crippen LogP contribution in [0.5, 0.6) is 0 Å². The largest absolute Gasteiger partial charge is 0.396 e. The SMILES string of the molecule is Cc1ccccc1C(O)CN(CCCCO)C1CC1. The summed E-state index contributed by atoms with van der Waals surface area (Å²) in [7, 11) is 0. The summed E-state index contributed by atoms with van der Waals surface area (Å²) in [4.78, 5) is 2.38. The van der Waals surface area contributed by atoms with E-state index in [1.54, 1.807) is 0 Å². The molecular formula is C16H25NO2. The molecule has 0 saturated heterocycles. The van der Waals surface area contributed by atoms with Crippen molar-refractivity contribution in [1.29, 1.82) is 0 Å². The number of hydrogen-bond donors (Lipinski definition) is 2. The highest BCUT2D eigenvalue weighted by Crippen LogP contribution is 2.29. The molecule has 1 atom stereocenters. The zero-order chi connectivity index (χ0) is 13.7. The molecule has 0 spiro atoms. The molecule has 19 heavy (non-hydrogen) atoms. The van der Waals surface area contributed by atoms with Crippen molar-refractivity contribution < 1.29 is 10.2 Å². The average Bonchev–Trinajstić information content (AvgIpc) is 3.22. The molecule has 1 aromatic rings. The van der Waals surface area contributed by atoms with Crippen LogP contribution in [0.2, 0.25) is 0 Å². The molecule has 1 aromatic carbocycles. The molecule has 106 valence electrons. The zero-order valence-electron chi connectivity index (χ0n) is 11.8. The molecule has 3 nitrogen and oxygen atoms in total. The normalized spacial score (nSPS) is 16.8. The van der Waals surface area contributed by atoms with Crippen molar-refractivity contribution in [2.24, 2.45) is 0 Å². The Morgan fingerprint density at radius 1 is 1.26 bits per heavy atom. The first kappa shape index (κ1) is 14.5. The molecule has 0 aromatic heterocycles. The minimum absolute atomic E-state index is 0.263. The van der Waals surface area contributed by atoms with Crippen LogP contribution in [0.25, 0.3) is 0 Å². The highest BCUT2D eigenvalue weighted by molar-refractivity contribution is 5.27. The third-order valence-electron chi connectivity index (χ3n) is 3.87. The number of unbranched alkanes of at least 4 members (excludes halogenated alkanes) is 1. The number of aliphatic hydroxyl groups is 2. The van der Waals surface area contributed by atoms with E-state index in [2.05, 4.69) is 4.90 Å². The maximum Gasteiger partial charge on any atom is 0.0919 e. The minimum Gasteiger partial charge on any atom is -0.396 e. The number of aryl methyl sites for hydroxylation is 1.